The molecular formula is C31H22Cl2FN5O2. The van der Waals surface area contributed by atoms with Crippen LogP contribution in [0.2, 0.25) is 10.2 Å². The Hall–Kier alpha value is -4.01. The average molecular weight is 586 g/mol. The lowest BCUT2D eigenvalue weighted by atomic mass is 9.93. The number of nitrogens with zero attached hydrogens (tertiary/aromatic N) is 5. The van der Waals surface area contributed by atoms with Gasteiger partial charge in [0.05, 0.1) is 23.7 Å². The number of allylic oxidation sites excluding steroid dienone is 2. The van der Waals surface area contributed by atoms with Crippen molar-refractivity contribution in [3.05, 3.63) is 116 Å². The van der Waals surface area contributed by atoms with Gasteiger partial charge >= 0.3 is 0 Å². The fourth-order valence-corrected chi connectivity index (χ4v) is 6.87. The highest BCUT2D eigenvalue weighted by Crippen LogP contribution is 2.60. The predicted molar refractivity (Wildman–Crippen MR) is 155 cm³/mol. The molecule has 3 unspecified atom stereocenters. The van der Waals surface area contributed by atoms with Gasteiger partial charge in [-0.3, -0.25) is 4.79 Å². The number of hydrogen-bond donors (Lipinski definition) is 0. The van der Waals surface area contributed by atoms with Crippen molar-refractivity contribution in [3.8, 4) is 16.8 Å². The van der Waals surface area contributed by atoms with Crippen LogP contribution >= 0.6 is 23.2 Å². The van der Waals surface area contributed by atoms with E-state index in [4.69, 9.17) is 27.9 Å². The molecule has 2 aromatic heterocycles. The summed E-state index contributed by atoms with van der Waals surface area (Å²) in [7, 11) is 0. The van der Waals surface area contributed by atoms with E-state index < -0.39 is 5.95 Å². The summed E-state index contributed by atoms with van der Waals surface area (Å²) in [5, 5.41) is 8.76. The van der Waals surface area contributed by atoms with Gasteiger partial charge < -0.3 is 9.30 Å². The van der Waals surface area contributed by atoms with Crippen LogP contribution in [0.15, 0.2) is 82.8 Å². The molecule has 8 rings (SSSR count). The molecule has 41 heavy (non-hydrogen) atoms. The number of pyridine rings is 1. The molecule has 3 aliphatic heterocycles. The van der Waals surface area contributed by atoms with E-state index in [0.717, 1.165) is 45.7 Å². The number of rotatable bonds is 4. The largest absolute Gasteiger partial charge is 0.494 e. The Bertz CT molecular complexity index is 1940. The van der Waals surface area contributed by atoms with Crippen LogP contribution in [0, 0.1) is 5.92 Å². The maximum atomic E-state index is 15.3. The molecule has 2 aromatic carbocycles. The first-order valence-corrected chi connectivity index (χ1v) is 14.1. The second-order valence-electron chi connectivity index (χ2n) is 11.0. The predicted octanol–water partition coefficient (Wildman–Crippen LogP) is 6.83. The molecule has 10 heteroatoms. The first kappa shape index (κ1) is 24.8. The van der Waals surface area contributed by atoms with Crippen molar-refractivity contribution >= 4 is 34.5 Å². The standard InChI is InChI=1S/C31H22Cl2FN5O2/c1-15-6-16-2-3-17(7-19(16)14-41-15)22-12-25(35-31(22)34)30-24-11-23(24)27-8-18(9-29(40)39(27)30)21-10-20(32)4-5-26(21)38-13-28(33)36-37-38/h2-5,7-10,13,23-24,30H,1,6,11-12,14H2. The second kappa shape index (κ2) is 8.99. The van der Waals surface area contributed by atoms with E-state index in [2.05, 4.69) is 21.9 Å². The first-order chi connectivity index (χ1) is 19.8. The zero-order valence-electron chi connectivity index (χ0n) is 21.7. The number of hydrogen-bond acceptors (Lipinski definition) is 5. The summed E-state index contributed by atoms with van der Waals surface area (Å²) in [6.45, 7) is 4.34. The maximum absolute atomic E-state index is 15.3. The minimum Gasteiger partial charge on any atom is -0.494 e. The molecule has 0 bridgehead atoms. The molecule has 0 radical (unpaired) electrons. The third-order valence-electron chi connectivity index (χ3n) is 8.55. The van der Waals surface area contributed by atoms with Gasteiger partial charge in [-0.25, -0.2) is 9.67 Å². The summed E-state index contributed by atoms with van der Waals surface area (Å²) >= 11 is 12.4. The summed E-state index contributed by atoms with van der Waals surface area (Å²) in [6, 6.07) is 14.7. The van der Waals surface area contributed by atoms with Crippen molar-refractivity contribution < 1.29 is 9.13 Å². The molecule has 0 spiro atoms. The number of aromatic nitrogens is 4. The fourth-order valence-electron chi connectivity index (χ4n) is 6.57. The molecule has 0 saturated heterocycles. The molecule has 0 amide bonds. The molecular weight excluding hydrogens is 564 g/mol. The molecule has 0 N–H and O–H groups in total. The van der Waals surface area contributed by atoms with Crippen LogP contribution in [0.3, 0.4) is 0 Å². The summed E-state index contributed by atoms with van der Waals surface area (Å²) in [5.41, 5.74) is 7.19. The van der Waals surface area contributed by atoms with Crippen molar-refractivity contribution in [2.45, 2.75) is 37.8 Å². The summed E-state index contributed by atoms with van der Waals surface area (Å²) in [5.74, 6) is 0.704. The van der Waals surface area contributed by atoms with E-state index in [1.54, 1.807) is 33.6 Å². The number of ether oxygens (including phenoxy) is 1. The van der Waals surface area contributed by atoms with Gasteiger partial charge in [-0.2, -0.15) is 4.39 Å². The van der Waals surface area contributed by atoms with Gasteiger partial charge in [-0.15, -0.1) is 5.10 Å². The lowest BCUT2D eigenvalue weighted by Gasteiger charge is -2.21. The number of aliphatic imine (C=N–C) groups is 1. The second-order valence-corrected chi connectivity index (χ2v) is 11.8. The highest BCUT2D eigenvalue weighted by molar-refractivity contribution is 6.31. The minimum absolute atomic E-state index is 0.153. The number of benzene rings is 2. The van der Waals surface area contributed by atoms with Crippen molar-refractivity contribution in [1.29, 1.82) is 0 Å². The van der Waals surface area contributed by atoms with E-state index in [-0.39, 0.29) is 28.6 Å². The van der Waals surface area contributed by atoms with Crippen LogP contribution in [0.4, 0.5) is 4.39 Å². The van der Waals surface area contributed by atoms with Gasteiger partial charge in [0.2, 0.25) is 5.95 Å². The van der Waals surface area contributed by atoms with Crippen molar-refractivity contribution in [2.24, 2.45) is 10.9 Å². The SMILES string of the molecule is C=C1Cc2ccc(C3=C(F)N=C(C4C5CC5c5cc(-c6cc(Cl)ccc6-n6cc(Cl)nn6)cc(=O)n54)C3)cc2CO1. The highest BCUT2D eigenvalue weighted by Gasteiger charge is 2.55. The lowest BCUT2D eigenvalue weighted by molar-refractivity contribution is 0.182. The minimum atomic E-state index is -0.480. The van der Waals surface area contributed by atoms with Crippen LogP contribution in [-0.2, 0) is 17.8 Å². The Morgan fingerprint density at radius 1 is 1.02 bits per heavy atom. The topological polar surface area (TPSA) is 74.3 Å². The third kappa shape index (κ3) is 4.00. The zero-order chi connectivity index (χ0) is 28.0. The molecule has 7 nitrogen and oxygen atoms in total. The monoisotopic (exact) mass is 585 g/mol. The number of halogens is 3. The van der Waals surface area contributed by atoms with E-state index in [1.165, 1.54) is 0 Å². The van der Waals surface area contributed by atoms with E-state index in [0.29, 0.717) is 41.4 Å². The van der Waals surface area contributed by atoms with Crippen LogP contribution in [0.1, 0.15) is 47.2 Å². The fraction of sp³-hybridized carbons (Fsp3) is 0.226. The van der Waals surface area contributed by atoms with Crippen molar-refractivity contribution in [3.63, 3.8) is 0 Å². The van der Waals surface area contributed by atoms with Gasteiger partial charge in [0.15, 0.2) is 5.15 Å². The molecule has 204 valence electrons. The van der Waals surface area contributed by atoms with Gasteiger partial charge in [-0.05, 0) is 64.9 Å². The van der Waals surface area contributed by atoms with Crippen molar-refractivity contribution in [2.75, 3.05) is 0 Å². The molecule has 1 aliphatic carbocycles. The molecule has 4 aliphatic rings. The molecule has 1 fully saturated rings. The number of fused-ring (bicyclic) bond motifs is 4. The Morgan fingerprint density at radius 2 is 1.90 bits per heavy atom. The van der Waals surface area contributed by atoms with E-state index in [9.17, 15) is 4.79 Å². The highest BCUT2D eigenvalue weighted by atomic mass is 35.5. The zero-order valence-corrected chi connectivity index (χ0v) is 23.2. The smallest absolute Gasteiger partial charge is 0.251 e. The van der Waals surface area contributed by atoms with Gasteiger partial charge in [0, 0.05) is 52.4 Å². The van der Waals surface area contributed by atoms with Crippen LogP contribution in [0.25, 0.3) is 22.4 Å². The van der Waals surface area contributed by atoms with Crippen LogP contribution in [-0.4, -0.2) is 25.3 Å². The molecule has 4 aromatic rings. The van der Waals surface area contributed by atoms with Crippen LogP contribution in [0.5, 0.6) is 0 Å². The summed E-state index contributed by atoms with van der Waals surface area (Å²) < 4.78 is 24.3. The van der Waals surface area contributed by atoms with Crippen LogP contribution < -0.4 is 5.56 Å². The van der Waals surface area contributed by atoms with E-state index >= 15 is 4.39 Å². The Labute approximate surface area is 244 Å². The van der Waals surface area contributed by atoms with Gasteiger partial charge in [0.1, 0.15) is 6.61 Å². The molecule has 3 atom stereocenters. The summed E-state index contributed by atoms with van der Waals surface area (Å²) in [4.78, 5) is 18.1. The Kier molecular flexibility index (Phi) is 5.43. The Morgan fingerprint density at radius 3 is 2.73 bits per heavy atom. The van der Waals surface area contributed by atoms with Crippen molar-refractivity contribution in [1.82, 2.24) is 19.6 Å². The van der Waals surface area contributed by atoms with E-state index in [1.807, 2.05) is 30.3 Å². The molecule has 5 heterocycles. The Balaban J connectivity index is 1.13. The van der Waals surface area contributed by atoms with Gasteiger partial charge in [-0.1, -0.05) is 47.1 Å². The normalized spacial score (nSPS) is 22.3. The molecule has 1 saturated carbocycles. The lowest BCUT2D eigenvalue weighted by Crippen LogP contribution is -2.29. The third-order valence-corrected chi connectivity index (χ3v) is 8.96. The summed E-state index contributed by atoms with van der Waals surface area (Å²) in [6.07, 6.45) is 3.57. The average Bonchev–Trinajstić information content (AvgIpc) is 3.27. The maximum Gasteiger partial charge on any atom is 0.251 e. The first-order valence-electron chi connectivity index (χ1n) is 13.4. The van der Waals surface area contributed by atoms with Gasteiger partial charge in [0.25, 0.3) is 5.56 Å². The quantitative estimate of drug-likeness (QED) is 0.246.